The van der Waals surface area contributed by atoms with Gasteiger partial charge in [-0.05, 0) is 40.1 Å². The van der Waals surface area contributed by atoms with E-state index < -0.39 is 0 Å². The van der Waals surface area contributed by atoms with E-state index in [4.69, 9.17) is 0 Å². The Kier molecular flexibility index (Phi) is 7.70. The zero-order valence-corrected chi connectivity index (χ0v) is 12.4. The molecule has 0 amide bonds. The maximum absolute atomic E-state index is 3.45. The van der Waals surface area contributed by atoms with Crippen LogP contribution in [0.4, 0.5) is 0 Å². The van der Waals surface area contributed by atoms with Gasteiger partial charge in [0.25, 0.3) is 0 Å². The average Bonchev–Trinajstić information content (AvgIpc) is 2.24. The molecular formula is C15H22ClN2-. The van der Waals surface area contributed by atoms with Crippen molar-refractivity contribution < 1.29 is 12.4 Å². The molecule has 0 saturated heterocycles. The van der Waals surface area contributed by atoms with Crippen molar-refractivity contribution in [2.45, 2.75) is 19.4 Å². The Labute approximate surface area is 117 Å². The molecular weight excluding hydrogens is 244 g/mol. The molecule has 1 aromatic rings. The Morgan fingerprint density at radius 3 is 2.33 bits per heavy atom. The van der Waals surface area contributed by atoms with Gasteiger partial charge in [-0.15, -0.1) is 0 Å². The van der Waals surface area contributed by atoms with Crippen LogP contribution in [0.15, 0.2) is 30.3 Å². The molecule has 3 heteroatoms. The number of nitrogens with zero attached hydrogens (tertiary/aromatic N) is 1. The van der Waals surface area contributed by atoms with Gasteiger partial charge in [0.2, 0.25) is 0 Å². The number of rotatable bonds is 4. The Balaban J connectivity index is 0.00000289. The molecule has 0 bridgehead atoms. The van der Waals surface area contributed by atoms with Crippen LogP contribution in [-0.4, -0.2) is 37.6 Å². The molecule has 0 radical (unpaired) electrons. The van der Waals surface area contributed by atoms with Gasteiger partial charge in [0.15, 0.2) is 0 Å². The number of nitrogens with one attached hydrogen (secondary N) is 1. The van der Waals surface area contributed by atoms with Gasteiger partial charge >= 0.3 is 0 Å². The molecule has 0 aromatic heterocycles. The van der Waals surface area contributed by atoms with Crippen molar-refractivity contribution >= 4 is 0 Å². The second-order valence-electron chi connectivity index (χ2n) is 5.14. The molecule has 0 spiro atoms. The van der Waals surface area contributed by atoms with Crippen LogP contribution in [0, 0.1) is 11.8 Å². The molecule has 0 heterocycles. The minimum Gasteiger partial charge on any atom is -1.00 e. The maximum Gasteiger partial charge on any atom is 0.0584 e. The average molecular weight is 266 g/mol. The fraction of sp³-hybridized carbons (Fsp3) is 0.467. The Morgan fingerprint density at radius 2 is 1.78 bits per heavy atom. The summed E-state index contributed by atoms with van der Waals surface area (Å²) in [5.41, 5.74) is 1.16. The van der Waals surface area contributed by atoms with Gasteiger partial charge in [-0.25, -0.2) is 0 Å². The van der Waals surface area contributed by atoms with Crippen LogP contribution in [0.1, 0.15) is 19.4 Å². The normalized spacial score (nSPS) is 10.5. The lowest BCUT2D eigenvalue weighted by atomic mass is 10.1. The van der Waals surface area contributed by atoms with Crippen molar-refractivity contribution in [1.29, 1.82) is 0 Å². The fourth-order valence-corrected chi connectivity index (χ4v) is 1.80. The second kappa shape index (κ2) is 8.16. The second-order valence-corrected chi connectivity index (χ2v) is 5.14. The first kappa shape index (κ1) is 17.0. The molecule has 0 aliphatic rings. The monoisotopic (exact) mass is 265 g/mol. The summed E-state index contributed by atoms with van der Waals surface area (Å²) in [6.45, 7) is 6.10. The number of hydrogen-bond acceptors (Lipinski definition) is 2. The molecule has 0 fully saturated rings. The van der Waals surface area contributed by atoms with Crippen LogP contribution < -0.4 is 17.7 Å². The van der Waals surface area contributed by atoms with Gasteiger partial charge in [0.05, 0.1) is 6.54 Å². The summed E-state index contributed by atoms with van der Waals surface area (Å²) < 4.78 is 0. The van der Waals surface area contributed by atoms with Gasteiger partial charge in [-0.1, -0.05) is 30.0 Å². The lowest BCUT2D eigenvalue weighted by Crippen LogP contribution is -3.00. The summed E-state index contributed by atoms with van der Waals surface area (Å²) in [6.07, 6.45) is 0. The largest absolute Gasteiger partial charge is 1.00 e. The van der Waals surface area contributed by atoms with Gasteiger partial charge in [-0.2, -0.15) is 0 Å². The molecule has 0 unspecified atom stereocenters. The van der Waals surface area contributed by atoms with Crippen molar-refractivity contribution in [2.75, 3.05) is 27.2 Å². The number of benzene rings is 1. The molecule has 100 valence electrons. The maximum atomic E-state index is 3.45. The summed E-state index contributed by atoms with van der Waals surface area (Å²) in [5, 5.41) is 3.45. The van der Waals surface area contributed by atoms with Gasteiger partial charge in [-0.3, -0.25) is 5.32 Å². The highest BCUT2D eigenvalue weighted by atomic mass is 35.5. The fourth-order valence-electron chi connectivity index (χ4n) is 1.80. The van der Waals surface area contributed by atoms with Gasteiger partial charge in [0.1, 0.15) is 0 Å². The number of hydrogen-bond donors (Lipinski definition) is 1. The lowest BCUT2D eigenvalue weighted by molar-refractivity contribution is -0.00000440. The van der Waals surface area contributed by atoms with Gasteiger partial charge in [0, 0.05) is 17.6 Å². The van der Waals surface area contributed by atoms with Crippen LogP contribution in [-0.2, 0) is 0 Å². The highest BCUT2D eigenvalue weighted by molar-refractivity contribution is 5.33. The molecule has 0 aliphatic carbocycles. The smallest absolute Gasteiger partial charge is 0.0584 e. The van der Waals surface area contributed by atoms with Crippen LogP contribution in [0.25, 0.3) is 0 Å². The Morgan fingerprint density at radius 1 is 1.17 bits per heavy atom. The highest BCUT2D eigenvalue weighted by Crippen LogP contribution is 2.02. The van der Waals surface area contributed by atoms with E-state index in [2.05, 4.69) is 50.0 Å². The summed E-state index contributed by atoms with van der Waals surface area (Å²) >= 11 is 0. The standard InChI is InChI=1S/C15H22N2.ClH/c1-15(2,13-17(3)4)16-12-8-11-14-9-6-5-7-10-14;/h5-7,9-10,16H,12-13H2,1-4H3;1H/p-1. The van der Waals surface area contributed by atoms with Crippen LogP contribution in [0.3, 0.4) is 0 Å². The van der Waals surface area contributed by atoms with E-state index in [9.17, 15) is 0 Å². The SMILES string of the molecule is CN(C)CC(C)(C)NCC#Cc1ccccc1.[Cl-]. The zero-order chi connectivity index (χ0) is 12.7. The molecule has 1 aromatic carbocycles. The third-order valence-electron chi connectivity index (χ3n) is 2.37. The van der Waals surface area contributed by atoms with E-state index in [0.29, 0.717) is 0 Å². The van der Waals surface area contributed by atoms with E-state index in [-0.39, 0.29) is 17.9 Å². The topological polar surface area (TPSA) is 15.3 Å². The van der Waals surface area contributed by atoms with Crippen molar-refractivity contribution in [3.05, 3.63) is 35.9 Å². The molecule has 1 N–H and O–H groups in total. The van der Waals surface area contributed by atoms with E-state index >= 15 is 0 Å². The van der Waals surface area contributed by atoms with Crippen LogP contribution in [0.5, 0.6) is 0 Å². The molecule has 0 aliphatic heterocycles. The predicted octanol–water partition coefficient (Wildman–Crippen LogP) is -1.03. The van der Waals surface area contributed by atoms with Crippen LogP contribution >= 0.6 is 0 Å². The first-order chi connectivity index (χ1) is 7.99. The minimum absolute atomic E-state index is 0. The van der Waals surface area contributed by atoms with Crippen molar-refractivity contribution in [3.8, 4) is 11.8 Å². The summed E-state index contributed by atoms with van der Waals surface area (Å²) in [7, 11) is 4.16. The number of halogens is 1. The number of likely N-dealkylation sites (N-methyl/N-ethyl adjacent to an activating group) is 1. The van der Waals surface area contributed by atoms with E-state index in [1.807, 2.05) is 30.3 Å². The first-order valence-corrected chi connectivity index (χ1v) is 5.93. The highest BCUT2D eigenvalue weighted by Gasteiger charge is 2.16. The summed E-state index contributed by atoms with van der Waals surface area (Å²) in [4.78, 5) is 2.18. The van der Waals surface area contributed by atoms with E-state index in [1.165, 1.54) is 0 Å². The first-order valence-electron chi connectivity index (χ1n) is 5.93. The summed E-state index contributed by atoms with van der Waals surface area (Å²) in [6, 6.07) is 10.1. The third kappa shape index (κ3) is 7.34. The molecule has 1 rings (SSSR count). The minimum atomic E-state index is 0. The Bertz CT molecular complexity index is 388. The zero-order valence-electron chi connectivity index (χ0n) is 11.6. The van der Waals surface area contributed by atoms with Gasteiger partial charge < -0.3 is 17.3 Å². The molecule has 0 atom stereocenters. The van der Waals surface area contributed by atoms with E-state index in [1.54, 1.807) is 0 Å². The van der Waals surface area contributed by atoms with Crippen molar-refractivity contribution in [3.63, 3.8) is 0 Å². The van der Waals surface area contributed by atoms with Crippen LogP contribution in [0.2, 0.25) is 0 Å². The van der Waals surface area contributed by atoms with Crippen molar-refractivity contribution in [1.82, 2.24) is 10.2 Å². The quantitative estimate of drug-likeness (QED) is 0.701. The molecule has 0 saturated carbocycles. The third-order valence-corrected chi connectivity index (χ3v) is 2.37. The molecule has 2 nitrogen and oxygen atoms in total. The van der Waals surface area contributed by atoms with E-state index in [0.717, 1.165) is 18.7 Å². The molecule has 18 heavy (non-hydrogen) atoms. The van der Waals surface area contributed by atoms with Crippen molar-refractivity contribution in [2.24, 2.45) is 0 Å². The Hall–Kier alpha value is -1.01. The predicted molar refractivity (Wildman–Crippen MR) is 74.0 cm³/mol. The summed E-state index contributed by atoms with van der Waals surface area (Å²) in [5.74, 6) is 6.30. The lowest BCUT2D eigenvalue weighted by Gasteiger charge is -2.28.